The Labute approximate surface area is 88.5 Å². The predicted molar refractivity (Wildman–Crippen MR) is 56.0 cm³/mol. The summed E-state index contributed by atoms with van der Waals surface area (Å²) >= 11 is 0. The highest BCUT2D eigenvalue weighted by Gasteiger charge is 2.15. The lowest BCUT2D eigenvalue weighted by Crippen LogP contribution is -2.27. The molecule has 1 N–H and O–H groups in total. The van der Waals surface area contributed by atoms with E-state index < -0.39 is 0 Å². The highest BCUT2D eigenvalue weighted by molar-refractivity contribution is 5.46. The SMILES string of the molecule is O=CNC1CCc2ccc(F)cc2CC1. The molecule has 0 radical (unpaired) electrons. The van der Waals surface area contributed by atoms with Crippen LogP contribution < -0.4 is 5.32 Å². The zero-order chi connectivity index (χ0) is 10.7. The lowest BCUT2D eigenvalue weighted by atomic mass is 10.0. The van der Waals surface area contributed by atoms with Gasteiger partial charge in [-0.15, -0.1) is 0 Å². The smallest absolute Gasteiger partial charge is 0.207 e. The summed E-state index contributed by atoms with van der Waals surface area (Å²) in [6.07, 6.45) is 4.35. The number of carbonyl (C=O) groups is 1. The molecule has 0 heterocycles. The molecule has 1 aromatic rings. The number of benzene rings is 1. The van der Waals surface area contributed by atoms with E-state index in [0.717, 1.165) is 37.7 Å². The minimum atomic E-state index is -0.171. The molecule has 0 fully saturated rings. The molecule has 15 heavy (non-hydrogen) atoms. The Hall–Kier alpha value is -1.38. The minimum Gasteiger partial charge on any atom is -0.356 e. The van der Waals surface area contributed by atoms with Crippen LogP contribution in [0.3, 0.4) is 0 Å². The number of hydrogen-bond donors (Lipinski definition) is 1. The molecule has 3 heteroatoms. The Morgan fingerprint density at radius 2 is 2.00 bits per heavy atom. The normalized spacial score (nSPS) is 20.2. The second-order valence-electron chi connectivity index (χ2n) is 3.97. The molecule has 0 spiro atoms. The van der Waals surface area contributed by atoms with E-state index in [2.05, 4.69) is 5.32 Å². The molecule has 0 saturated carbocycles. The van der Waals surface area contributed by atoms with E-state index in [1.54, 1.807) is 6.07 Å². The Kier molecular flexibility index (Phi) is 2.99. The molecule has 0 aliphatic heterocycles. The van der Waals surface area contributed by atoms with Gasteiger partial charge in [-0.3, -0.25) is 4.79 Å². The summed E-state index contributed by atoms with van der Waals surface area (Å²) in [5.74, 6) is -0.171. The number of amides is 1. The van der Waals surface area contributed by atoms with Crippen LogP contribution in [-0.4, -0.2) is 12.5 Å². The molecule has 1 atom stereocenters. The van der Waals surface area contributed by atoms with E-state index in [1.807, 2.05) is 6.07 Å². The number of rotatable bonds is 2. The van der Waals surface area contributed by atoms with Gasteiger partial charge in [0, 0.05) is 6.04 Å². The van der Waals surface area contributed by atoms with Gasteiger partial charge in [0.15, 0.2) is 0 Å². The summed E-state index contributed by atoms with van der Waals surface area (Å²) < 4.78 is 13.0. The predicted octanol–water partition coefficient (Wildman–Crippen LogP) is 1.82. The van der Waals surface area contributed by atoms with Gasteiger partial charge in [-0.2, -0.15) is 0 Å². The summed E-state index contributed by atoms with van der Waals surface area (Å²) in [5, 5.41) is 2.80. The fraction of sp³-hybridized carbons (Fsp3) is 0.417. The quantitative estimate of drug-likeness (QED) is 0.581. The molecule has 1 aliphatic carbocycles. The van der Waals surface area contributed by atoms with Crippen molar-refractivity contribution in [3.8, 4) is 0 Å². The first-order chi connectivity index (χ1) is 7.29. The number of nitrogens with one attached hydrogen (secondary N) is 1. The van der Waals surface area contributed by atoms with Gasteiger partial charge in [0.05, 0.1) is 0 Å². The van der Waals surface area contributed by atoms with Crippen LogP contribution >= 0.6 is 0 Å². The average molecular weight is 207 g/mol. The van der Waals surface area contributed by atoms with Crippen molar-refractivity contribution in [1.82, 2.24) is 5.32 Å². The largest absolute Gasteiger partial charge is 0.356 e. The molecule has 80 valence electrons. The third-order valence-corrected chi connectivity index (χ3v) is 3.00. The summed E-state index contributed by atoms with van der Waals surface area (Å²) in [4.78, 5) is 10.3. The van der Waals surface area contributed by atoms with Crippen LogP contribution in [0.2, 0.25) is 0 Å². The van der Waals surface area contributed by atoms with Crippen LogP contribution in [-0.2, 0) is 17.6 Å². The van der Waals surface area contributed by atoms with Gasteiger partial charge in [-0.25, -0.2) is 4.39 Å². The van der Waals surface area contributed by atoms with Crippen LogP contribution in [0.25, 0.3) is 0 Å². The van der Waals surface area contributed by atoms with E-state index in [9.17, 15) is 9.18 Å². The van der Waals surface area contributed by atoms with Crippen LogP contribution in [0.1, 0.15) is 24.0 Å². The van der Waals surface area contributed by atoms with Gasteiger partial charge >= 0.3 is 0 Å². The van der Waals surface area contributed by atoms with Crippen LogP contribution in [0, 0.1) is 5.82 Å². The second kappa shape index (κ2) is 4.43. The first-order valence-corrected chi connectivity index (χ1v) is 5.26. The maximum absolute atomic E-state index is 13.0. The molecule has 1 unspecified atom stereocenters. The number of aryl methyl sites for hydroxylation is 2. The standard InChI is InChI=1S/C12H14FNO/c13-11-4-1-9-2-5-12(14-8-15)6-3-10(9)7-11/h1,4,7-8,12H,2-3,5-6H2,(H,14,15). The number of carbonyl (C=O) groups excluding carboxylic acids is 1. The van der Waals surface area contributed by atoms with E-state index >= 15 is 0 Å². The highest BCUT2D eigenvalue weighted by Crippen LogP contribution is 2.21. The van der Waals surface area contributed by atoms with E-state index in [4.69, 9.17) is 0 Å². The van der Waals surface area contributed by atoms with Crippen molar-refractivity contribution >= 4 is 6.41 Å². The van der Waals surface area contributed by atoms with Crippen molar-refractivity contribution in [3.05, 3.63) is 35.1 Å². The minimum absolute atomic E-state index is 0.171. The molecule has 0 aromatic heterocycles. The molecule has 0 saturated heterocycles. The van der Waals surface area contributed by atoms with Crippen LogP contribution in [0.4, 0.5) is 4.39 Å². The first-order valence-electron chi connectivity index (χ1n) is 5.26. The highest BCUT2D eigenvalue weighted by atomic mass is 19.1. The van der Waals surface area contributed by atoms with E-state index in [-0.39, 0.29) is 11.9 Å². The van der Waals surface area contributed by atoms with Gasteiger partial charge in [0.1, 0.15) is 5.82 Å². The molecule has 1 amide bonds. The van der Waals surface area contributed by atoms with Gasteiger partial charge in [0.25, 0.3) is 0 Å². The average Bonchev–Trinajstić information content (AvgIpc) is 2.42. The molecule has 0 bridgehead atoms. The van der Waals surface area contributed by atoms with E-state index in [0.29, 0.717) is 0 Å². The summed E-state index contributed by atoms with van der Waals surface area (Å²) in [5.41, 5.74) is 2.30. The second-order valence-corrected chi connectivity index (χ2v) is 3.97. The maximum Gasteiger partial charge on any atom is 0.207 e. The lowest BCUT2D eigenvalue weighted by molar-refractivity contribution is -0.110. The monoisotopic (exact) mass is 207 g/mol. The fourth-order valence-electron chi connectivity index (χ4n) is 2.14. The van der Waals surface area contributed by atoms with Gasteiger partial charge in [0.2, 0.25) is 6.41 Å². The van der Waals surface area contributed by atoms with Crippen molar-refractivity contribution < 1.29 is 9.18 Å². The van der Waals surface area contributed by atoms with Crippen molar-refractivity contribution in [3.63, 3.8) is 0 Å². The Morgan fingerprint density at radius 1 is 1.27 bits per heavy atom. The summed E-state index contributed by atoms with van der Waals surface area (Å²) in [7, 11) is 0. The van der Waals surface area contributed by atoms with Gasteiger partial charge in [-0.05, 0) is 48.9 Å². The Bertz CT molecular complexity index is 365. The van der Waals surface area contributed by atoms with Crippen molar-refractivity contribution in [2.24, 2.45) is 0 Å². The van der Waals surface area contributed by atoms with Crippen molar-refractivity contribution in [2.75, 3.05) is 0 Å². The number of halogens is 1. The molecule has 1 aliphatic rings. The zero-order valence-electron chi connectivity index (χ0n) is 8.50. The van der Waals surface area contributed by atoms with Gasteiger partial charge in [-0.1, -0.05) is 6.07 Å². The Balaban J connectivity index is 2.14. The zero-order valence-corrected chi connectivity index (χ0v) is 8.50. The number of fused-ring (bicyclic) bond motifs is 1. The molecule has 2 rings (SSSR count). The third kappa shape index (κ3) is 2.35. The summed E-state index contributed by atoms with van der Waals surface area (Å²) in [6, 6.07) is 5.21. The van der Waals surface area contributed by atoms with Crippen LogP contribution in [0.5, 0.6) is 0 Å². The Morgan fingerprint density at radius 3 is 2.73 bits per heavy atom. The van der Waals surface area contributed by atoms with Crippen LogP contribution in [0.15, 0.2) is 18.2 Å². The summed E-state index contributed by atoms with van der Waals surface area (Å²) in [6.45, 7) is 0. The van der Waals surface area contributed by atoms with E-state index in [1.165, 1.54) is 11.6 Å². The van der Waals surface area contributed by atoms with Crippen molar-refractivity contribution in [1.29, 1.82) is 0 Å². The number of hydrogen-bond acceptors (Lipinski definition) is 1. The lowest BCUT2D eigenvalue weighted by Gasteiger charge is -2.11. The molecular weight excluding hydrogens is 193 g/mol. The first kappa shape index (κ1) is 10.1. The van der Waals surface area contributed by atoms with Gasteiger partial charge < -0.3 is 5.32 Å². The molecule has 2 nitrogen and oxygen atoms in total. The maximum atomic E-state index is 13.0. The topological polar surface area (TPSA) is 29.1 Å². The van der Waals surface area contributed by atoms with Crippen molar-refractivity contribution in [2.45, 2.75) is 31.7 Å². The third-order valence-electron chi connectivity index (χ3n) is 3.00. The molecular formula is C12H14FNO. The molecule has 1 aromatic carbocycles. The fourth-order valence-corrected chi connectivity index (χ4v) is 2.14.